The first kappa shape index (κ1) is 43.9. The highest BCUT2D eigenvalue weighted by Crippen LogP contribution is 2.39. The van der Waals surface area contributed by atoms with E-state index in [0.29, 0.717) is 38.4 Å². The molecule has 1 saturated heterocycles. The molecule has 53 heavy (non-hydrogen) atoms. The summed E-state index contributed by atoms with van der Waals surface area (Å²) in [6.07, 6.45) is 6.02. The van der Waals surface area contributed by atoms with Crippen molar-refractivity contribution in [1.82, 2.24) is 20.9 Å². The summed E-state index contributed by atoms with van der Waals surface area (Å²) in [7, 11) is -0.479. The van der Waals surface area contributed by atoms with E-state index in [1.165, 1.54) is 0 Å². The van der Waals surface area contributed by atoms with Crippen molar-refractivity contribution >= 4 is 32.3 Å². The van der Waals surface area contributed by atoms with Gasteiger partial charge in [-0.15, -0.1) is 0 Å². The first-order valence-electron chi connectivity index (χ1n) is 19.5. The molecule has 0 bridgehead atoms. The van der Waals surface area contributed by atoms with Gasteiger partial charge < -0.3 is 30.0 Å². The molecule has 10 heteroatoms. The third-order valence-electron chi connectivity index (χ3n) is 10.6. The van der Waals surface area contributed by atoms with E-state index in [9.17, 15) is 14.4 Å². The van der Waals surface area contributed by atoms with Gasteiger partial charge in [0, 0.05) is 25.0 Å². The first-order chi connectivity index (χ1) is 24.8. The molecule has 3 amide bonds. The Morgan fingerprint density at radius 1 is 0.906 bits per heavy atom. The maximum atomic E-state index is 14.6. The van der Waals surface area contributed by atoms with Crippen LogP contribution < -0.4 is 16.0 Å². The molecule has 294 valence electrons. The number of nitrogens with zero attached hydrogens (tertiary/aromatic N) is 1. The summed E-state index contributed by atoms with van der Waals surface area (Å²) in [5.41, 5.74) is 1.38. The van der Waals surface area contributed by atoms with Crippen LogP contribution in [0.3, 0.4) is 0 Å². The van der Waals surface area contributed by atoms with Gasteiger partial charge in [0.1, 0.15) is 11.6 Å². The molecule has 2 aromatic carbocycles. The van der Waals surface area contributed by atoms with Crippen molar-refractivity contribution < 1.29 is 23.5 Å². The Morgan fingerprint density at radius 2 is 1.49 bits per heavy atom. The molecule has 3 rings (SSSR count). The second-order valence-electron chi connectivity index (χ2n) is 17.5. The fourth-order valence-electron chi connectivity index (χ4n) is 6.35. The topological polar surface area (TPSA) is 109 Å². The number of likely N-dealkylation sites (tertiary alicyclic amines) is 1. The predicted octanol–water partition coefficient (Wildman–Crippen LogP) is 7.97. The maximum Gasteiger partial charge on any atom is 0.407 e. The van der Waals surface area contributed by atoms with Gasteiger partial charge in [-0.3, -0.25) is 9.59 Å². The van der Waals surface area contributed by atoms with E-state index in [0.717, 1.165) is 24.0 Å². The van der Waals surface area contributed by atoms with E-state index < -0.39 is 44.1 Å². The van der Waals surface area contributed by atoms with Gasteiger partial charge in [-0.1, -0.05) is 107 Å². The minimum absolute atomic E-state index is 0.0379. The van der Waals surface area contributed by atoms with Crippen LogP contribution >= 0.6 is 0 Å². The summed E-state index contributed by atoms with van der Waals surface area (Å²) in [6.45, 7) is 21.8. The third-order valence-corrected chi connectivity index (χ3v) is 15.1. The van der Waals surface area contributed by atoms with Gasteiger partial charge in [0.2, 0.25) is 11.8 Å². The van der Waals surface area contributed by atoms with Crippen molar-refractivity contribution in [3.63, 3.8) is 0 Å². The SMILES string of the molecule is CNC1CCN(C(=O)[C@@H](NC(=O)[C@@H](CC=Cc2ccccc2)C[C@H](O[Si](C)(C)C(C)(C)C)[C@H](Cc2ccccc2)NC(=O)OC(C)(C)C)C(C)C)CC1. The third kappa shape index (κ3) is 14.4. The molecule has 3 N–H and O–H groups in total. The number of amides is 3. The Labute approximate surface area is 321 Å². The van der Waals surface area contributed by atoms with Crippen LogP contribution in [0.4, 0.5) is 4.79 Å². The van der Waals surface area contributed by atoms with Crippen molar-refractivity contribution in [3.05, 3.63) is 77.9 Å². The second kappa shape index (κ2) is 19.7. The van der Waals surface area contributed by atoms with E-state index in [2.05, 4.69) is 49.8 Å². The van der Waals surface area contributed by atoms with Gasteiger partial charge in [0.25, 0.3) is 0 Å². The quantitative estimate of drug-likeness (QED) is 0.150. The highest BCUT2D eigenvalue weighted by Gasteiger charge is 2.43. The fourth-order valence-corrected chi connectivity index (χ4v) is 7.72. The zero-order valence-corrected chi connectivity index (χ0v) is 35.3. The van der Waals surface area contributed by atoms with Gasteiger partial charge in [-0.2, -0.15) is 0 Å². The number of hydrogen-bond acceptors (Lipinski definition) is 6. The highest BCUT2D eigenvalue weighted by atomic mass is 28.4. The number of carbonyl (C=O) groups is 3. The lowest BCUT2D eigenvalue weighted by Gasteiger charge is -2.42. The van der Waals surface area contributed by atoms with Crippen LogP contribution in [0.15, 0.2) is 66.7 Å². The zero-order valence-electron chi connectivity index (χ0n) is 34.3. The van der Waals surface area contributed by atoms with Gasteiger partial charge in [0.15, 0.2) is 8.32 Å². The summed E-state index contributed by atoms with van der Waals surface area (Å²) < 4.78 is 13.0. The molecule has 0 aliphatic carbocycles. The molecule has 0 spiro atoms. The minimum atomic E-state index is -2.44. The van der Waals surface area contributed by atoms with E-state index in [-0.39, 0.29) is 22.8 Å². The van der Waals surface area contributed by atoms with Crippen LogP contribution in [0.25, 0.3) is 6.08 Å². The highest BCUT2D eigenvalue weighted by molar-refractivity contribution is 6.74. The summed E-state index contributed by atoms with van der Waals surface area (Å²) >= 11 is 0. The van der Waals surface area contributed by atoms with Crippen LogP contribution in [-0.4, -0.2) is 81.1 Å². The Morgan fingerprint density at radius 3 is 2.02 bits per heavy atom. The molecule has 0 aromatic heterocycles. The molecule has 0 radical (unpaired) electrons. The van der Waals surface area contributed by atoms with Crippen LogP contribution in [0, 0.1) is 11.8 Å². The Kier molecular flexibility index (Phi) is 16.4. The van der Waals surface area contributed by atoms with Crippen molar-refractivity contribution in [3.8, 4) is 0 Å². The lowest BCUT2D eigenvalue weighted by atomic mass is 9.89. The molecular formula is C43H68N4O5Si. The number of benzene rings is 2. The summed E-state index contributed by atoms with van der Waals surface area (Å²) in [4.78, 5) is 43.9. The molecule has 9 nitrogen and oxygen atoms in total. The lowest BCUT2D eigenvalue weighted by Crippen LogP contribution is -2.56. The molecule has 1 heterocycles. The number of allylic oxidation sites excluding steroid dienone is 1. The molecular weight excluding hydrogens is 681 g/mol. The average Bonchev–Trinajstić information content (AvgIpc) is 3.08. The molecule has 0 saturated carbocycles. The molecule has 1 fully saturated rings. The van der Waals surface area contributed by atoms with Crippen LogP contribution in [-0.2, 0) is 25.2 Å². The van der Waals surface area contributed by atoms with E-state index in [1.807, 2.05) is 119 Å². The fraction of sp³-hybridized carbons (Fsp3) is 0.605. The van der Waals surface area contributed by atoms with Crippen LogP contribution in [0.5, 0.6) is 0 Å². The van der Waals surface area contributed by atoms with Crippen molar-refractivity contribution in [2.45, 2.75) is 135 Å². The van der Waals surface area contributed by atoms with Gasteiger partial charge in [-0.05, 0) is 95.1 Å². The van der Waals surface area contributed by atoms with Crippen molar-refractivity contribution in [1.29, 1.82) is 0 Å². The Hall–Kier alpha value is -3.47. The van der Waals surface area contributed by atoms with Gasteiger partial charge in [-0.25, -0.2) is 4.79 Å². The van der Waals surface area contributed by atoms with Crippen LogP contribution in [0.2, 0.25) is 18.1 Å². The molecule has 2 aromatic rings. The maximum absolute atomic E-state index is 14.6. The predicted molar refractivity (Wildman–Crippen MR) is 219 cm³/mol. The summed E-state index contributed by atoms with van der Waals surface area (Å²) in [6, 6.07) is 19.3. The van der Waals surface area contributed by atoms with Gasteiger partial charge in [0.05, 0.1) is 12.1 Å². The minimum Gasteiger partial charge on any atom is -0.444 e. The number of ether oxygens (including phenoxy) is 1. The number of nitrogens with one attached hydrogen (secondary N) is 3. The van der Waals surface area contributed by atoms with E-state index >= 15 is 0 Å². The first-order valence-corrected chi connectivity index (χ1v) is 22.4. The van der Waals surface area contributed by atoms with E-state index in [4.69, 9.17) is 9.16 Å². The Balaban J connectivity index is 2.04. The van der Waals surface area contributed by atoms with Crippen LogP contribution in [0.1, 0.15) is 92.2 Å². The van der Waals surface area contributed by atoms with Gasteiger partial charge >= 0.3 is 6.09 Å². The number of hydrogen-bond donors (Lipinski definition) is 3. The largest absolute Gasteiger partial charge is 0.444 e. The molecule has 1 aliphatic heterocycles. The smallest absolute Gasteiger partial charge is 0.407 e. The standard InChI is InChI=1S/C43H68N4O5Si/c1-31(2)38(40(49)47-27-25-35(44-9)26-28-47)46-39(48)34(24-18-23-32-19-14-12-15-20-32)30-37(52-53(10,11)43(6,7)8)36(29-33-21-16-13-17-22-33)45-41(50)51-42(3,4)5/h12-23,31,34-38,44H,24-30H2,1-11H3,(H,45,50)(H,46,48)/t34-,36-,37-,38-/m0/s1. The molecule has 1 aliphatic rings. The second-order valence-corrected chi connectivity index (χ2v) is 22.2. The summed E-state index contributed by atoms with van der Waals surface area (Å²) in [5, 5.41) is 9.58. The normalized spacial score (nSPS) is 16.9. The number of carbonyl (C=O) groups excluding carboxylic acids is 3. The molecule has 0 unspecified atom stereocenters. The number of rotatable bonds is 16. The summed E-state index contributed by atoms with van der Waals surface area (Å²) in [5.74, 6) is -0.885. The van der Waals surface area contributed by atoms with Crippen molar-refractivity contribution in [2.75, 3.05) is 20.1 Å². The lowest BCUT2D eigenvalue weighted by molar-refractivity contribution is -0.139. The molecule has 4 atom stereocenters. The monoisotopic (exact) mass is 748 g/mol. The Bertz CT molecular complexity index is 1460. The van der Waals surface area contributed by atoms with E-state index in [1.54, 1.807) is 0 Å². The number of alkyl carbamates (subject to hydrolysis) is 1. The average molecular weight is 749 g/mol. The van der Waals surface area contributed by atoms with Crippen molar-refractivity contribution in [2.24, 2.45) is 11.8 Å². The number of piperidine rings is 1. The zero-order chi connectivity index (χ0) is 39.4.